The third kappa shape index (κ3) is 3.63. The maximum atomic E-state index is 12.5. The average Bonchev–Trinajstić information content (AvgIpc) is 2.46. The second-order valence-corrected chi connectivity index (χ2v) is 5.14. The number of carbonyl (C=O) groups excluding carboxylic acids is 1. The minimum atomic E-state index is -0.945. The van der Waals surface area contributed by atoms with E-state index in [9.17, 15) is 9.59 Å². The number of hydrogen-bond donors (Lipinski definition) is 1. The standard InChI is InChI=1S/C15H19NO3/c17-14(18)10-12(13-8-4-5-9-16-13)15(19)11-6-2-1-3-7-11/h4-5,8-9,11-12H,1-3,6-7,10H2,(H,17,18). The third-order valence-electron chi connectivity index (χ3n) is 3.77. The van der Waals surface area contributed by atoms with Crippen LogP contribution in [0.4, 0.5) is 0 Å². The van der Waals surface area contributed by atoms with E-state index in [1.807, 2.05) is 0 Å². The molecule has 0 radical (unpaired) electrons. The van der Waals surface area contributed by atoms with Crippen molar-refractivity contribution in [1.82, 2.24) is 4.98 Å². The van der Waals surface area contributed by atoms with Gasteiger partial charge in [-0.3, -0.25) is 14.6 Å². The highest BCUT2D eigenvalue weighted by Crippen LogP contribution is 2.31. The maximum Gasteiger partial charge on any atom is 0.304 e. The molecule has 102 valence electrons. The average molecular weight is 261 g/mol. The predicted molar refractivity (Wildman–Crippen MR) is 70.8 cm³/mol. The minimum Gasteiger partial charge on any atom is -0.481 e. The molecule has 1 aromatic heterocycles. The lowest BCUT2D eigenvalue weighted by Gasteiger charge is -2.24. The summed E-state index contributed by atoms with van der Waals surface area (Å²) >= 11 is 0. The number of carboxylic acid groups (broad SMARTS) is 1. The van der Waals surface area contributed by atoms with Crippen molar-refractivity contribution in [3.63, 3.8) is 0 Å². The number of pyridine rings is 1. The molecule has 1 heterocycles. The summed E-state index contributed by atoms with van der Waals surface area (Å²) in [6.45, 7) is 0. The Kier molecular flexibility index (Phi) is 4.66. The second-order valence-electron chi connectivity index (χ2n) is 5.14. The van der Waals surface area contributed by atoms with E-state index in [4.69, 9.17) is 5.11 Å². The molecule has 0 amide bonds. The predicted octanol–water partition coefficient (Wildman–Crippen LogP) is 2.79. The summed E-state index contributed by atoms with van der Waals surface area (Å²) in [7, 11) is 0. The van der Waals surface area contributed by atoms with Crippen molar-refractivity contribution in [1.29, 1.82) is 0 Å². The molecule has 0 spiro atoms. The number of carboxylic acids is 1. The molecule has 1 unspecified atom stereocenters. The van der Waals surface area contributed by atoms with Crippen molar-refractivity contribution in [3.05, 3.63) is 30.1 Å². The molecule has 2 rings (SSSR count). The lowest BCUT2D eigenvalue weighted by molar-refractivity contribution is -0.140. The number of ketones is 1. The molecule has 1 saturated carbocycles. The van der Waals surface area contributed by atoms with Crippen LogP contribution in [-0.2, 0) is 9.59 Å². The molecule has 1 fully saturated rings. The second kappa shape index (κ2) is 6.45. The van der Waals surface area contributed by atoms with Crippen LogP contribution < -0.4 is 0 Å². The van der Waals surface area contributed by atoms with Gasteiger partial charge in [0.25, 0.3) is 0 Å². The number of aromatic nitrogens is 1. The van der Waals surface area contributed by atoms with Gasteiger partial charge in [0.15, 0.2) is 0 Å². The molecule has 0 aromatic carbocycles. The number of rotatable bonds is 5. The Morgan fingerprint density at radius 1 is 1.26 bits per heavy atom. The first kappa shape index (κ1) is 13.7. The Bertz CT molecular complexity index is 438. The molecular formula is C15H19NO3. The summed E-state index contributed by atoms with van der Waals surface area (Å²) in [4.78, 5) is 27.7. The third-order valence-corrected chi connectivity index (χ3v) is 3.77. The topological polar surface area (TPSA) is 67.3 Å². The van der Waals surface area contributed by atoms with Crippen LogP contribution in [-0.4, -0.2) is 21.8 Å². The van der Waals surface area contributed by atoms with Crippen LogP contribution in [0.1, 0.15) is 50.1 Å². The van der Waals surface area contributed by atoms with E-state index in [1.54, 1.807) is 24.4 Å². The van der Waals surface area contributed by atoms with Gasteiger partial charge in [0.2, 0.25) is 0 Å². The number of aliphatic carboxylic acids is 1. The Labute approximate surface area is 112 Å². The van der Waals surface area contributed by atoms with E-state index in [0.717, 1.165) is 25.7 Å². The van der Waals surface area contributed by atoms with E-state index in [1.165, 1.54) is 6.42 Å². The summed E-state index contributed by atoms with van der Waals surface area (Å²) < 4.78 is 0. The van der Waals surface area contributed by atoms with Crippen molar-refractivity contribution in [2.24, 2.45) is 5.92 Å². The van der Waals surface area contributed by atoms with Crippen molar-refractivity contribution in [2.75, 3.05) is 0 Å². The van der Waals surface area contributed by atoms with Crippen LogP contribution in [0.25, 0.3) is 0 Å². The van der Waals surface area contributed by atoms with Crippen LogP contribution >= 0.6 is 0 Å². The monoisotopic (exact) mass is 261 g/mol. The molecule has 1 aliphatic carbocycles. The smallest absolute Gasteiger partial charge is 0.304 e. The van der Waals surface area contributed by atoms with Gasteiger partial charge in [-0.1, -0.05) is 25.3 Å². The van der Waals surface area contributed by atoms with Gasteiger partial charge in [0, 0.05) is 12.1 Å². The highest BCUT2D eigenvalue weighted by atomic mass is 16.4. The van der Waals surface area contributed by atoms with Crippen molar-refractivity contribution in [3.8, 4) is 0 Å². The first-order valence-electron chi connectivity index (χ1n) is 6.85. The van der Waals surface area contributed by atoms with Crippen LogP contribution in [0.3, 0.4) is 0 Å². The van der Waals surface area contributed by atoms with E-state index in [2.05, 4.69) is 4.98 Å². The number of Topliss-reactive ketones (excluding diaryl/α,β-unsaturated/α-hetero) is 1. The fourth-order valence-corrected chi connectivity index (χ4v) is 2.78. The van der Waals surface area contributed by atoms with E-state index in [-0.39, 0.29) is 18.1 Å². The van der Waals surface area contributed by atoms with Crippen molar-refractivity contribution < 1.29 is 14.7 Å². The largest absolute Gasteiger partial charge is 0.481 e. The molecule has 1 aromatic rings. The quantitative estimate of drug-likeness (QED) is 0.885. The molecule has 0 bridgehead atoms. The van der Waals surface area contributed by atoms with Gasteiger partial charge in [-0.25, -0.2) is 0 Å². The zero-order chi connectivity index (χ0) is 13.7. The van der Waals surface area contributed by atoms with Crippen molar-refractivity contribution in [2.45, 2.75) is 44.4 Å². The van der Waals surface area contributed by atoms with Crippen LogP contribution in [0.5, 0.6) is 0 Å². The van der Waals surface area contributed by atoms with Gasteiger partial charge < -0.3 is 5.11 Å². The molecule has 4 nitrogen and oxygen atoms in total. The summed E-state index contributed by atoms with van der Waals surface area (Å²) in [5.74, 6) is -1.47. The SMILES string of the molecule is O=C(O)CC(C(=O)C1CCCCC1)c1ccccn1. The summed E-state index contributed by atoms with van der Waals surface area (Å²) in [5, 5.41) is 9.01. The highest BCUT2D eigenvalue weighted by Gasteiger charge is 2.31. The first-order valence-corrected chi connectivity index (χ1v) is 6.85. The molecule has 1 aliphatic rings. The van der Waals surface area contributed by atoms with Gasteiger partial charge in [-0.05, 0) is 25.0 Å². The summed E-state index contributed by atoms with van der Waals surface area (Å²) in [5.41, 5.74) is 0.584. The normalized spacial score (nSPS) is 17.9. The van der Waals surface area contributed by atoms with E-state index < -0.39 is 11.9 Å². The fraction of sp³-hybridized carbons (Fsp3) is 0.533. The van der Waals surface area contributed by atoms with E-state index in [0.29, 0.717) is 5.69 Å². The molecule has 1 N–H and O–H groups in total. The molecule has 19 heavy (non-hydrogen) atoms. The Balaban J connectivity index is 2.17. The van der Waals surface area contributed by atoms with E-state index >= 15 is 0 Å². The minimum absolute atomic E-state index is 0.0140. The Morgan fingerprint density at radius 2 is 2.00 bits per heavy atom. The lowest BCUT2D eigenvalue weighted by Crippen LogP contribution is -2.26. The van der Waals surface area contributed by atoms with Gasteiger partial charge in [-0.15, -0.1) is 0 Å². The fourth-order valence-electron chi connectivity index (χ4n) is 2.78. The molecular weight excluding hydrogens is 242 g/mol. The Hall–Kier alpha value is -1.71. The van der Waals surface area contributed by atoms with Gasteiger partial charge in [-0.2, -0.15) is 0 Å². The zero-order valence-corrected chi connectivity index (χ0v) is 10.9. The van der Waals surface area contributed by atoms with Gasteiger partial charge >= 0.3 is 5.97 Å². The molecule has 0 aliphatic heterocycles. The highest BCUT2D eigenvalue weighted by molar-refractivity contribution is 5.90. The van der Waals surface area contributed by atoms with Crippen molar-refractivity contribution >= 4 is 11.8 Å². The molecule has 1 atom stereocenters. The van der Waals surface area contributed by atoms with Gasteiger partial charge in [0.05, 0.1) is 18.0 Å². The van der Waals surface area contributed by atoms with Gasteiger partial charge in [0.1, 0.15) is 5.78 Å². The lowest BCUT2D eigenvalue weighted by atomic mass is 9.79. The number of carbonyl (C=O) groups is 2. The zero-order valence-electron chi connectivity index (χ0n) is 10.9. The van der Waals surface area contributed by atoms with Crippen LogP contribution in [0.2, 0.25) is 0 Å². The summed E-state index contributed by atoms with van der Waals surface area (Å²) in [6, 6.07) is 5.31. The maximum absolute atomic E-state index is 12.5. The first-order chi connectivity index (χ1) is 9.18. The molecule has 4 heteroatoms. The number of nitrogens with zero attached hydrogens (tertiary/aromatic N) is 1. The Morgan fingerprint density at radius 3 is 2.58 bits per heavy atom. The molecule has 0 saturated heterocycles. The van der Waals surface area contributed by atoms with Crippen LogP contribution in [0.15, 0.2) is 24.4 Å². The summed E-state index contributed by atoms with van der Waals surface area (Å²) in [6.07, 6.45) is 6.54. The van der Waals surface area contributed by atoms with Crippen LogP contribution in [0, 0.1) is 5.92 Å². The number of hydrogen-bond acceptors (Lipinski definition) is 3.